The molecule has 0 bridgehead atoms. The first-order valence-electron chi connectivity index (χ1n) is 4.08. The molecule has 0 spiro atoms. The maximum absolute atomic E-state index is 11.3. The largest absolute Gasteiger partial charge is 0.501 e. The van der Waals surface area contributed by atoms with Crippen LogP contribution in [0.15, 0.2) is 11.8 Å². The van der Waals surface area contributed by atoms with Crippen LogP contribution in [0.25, 0.3) is 0 Å². The van der Waals surface area contributed by atoms with Gasteiger partial charge in [0.05, 0.1) is 12.9 Å². The summed E-state index contributed by atoms with van der Waals surface area (Å²) in [4.78, 5) is 11.3. The molecule has 0 atom stereocenters. The van der Waals surface area contributed by atoms with Crippen molar-refractivity contribution in [3.8, 4) is 0 Å². The van der Waals surface area contributed by atoms with Crippen molar-refractivity contribution in [3.05, 3.63) is 11.8 Å². The zero-order valence-electron chi connectivity index (χ0n) is 7.09. The van der Waals surface area contributed by atoms with Crippen LogP contribution < -0.4 is 0 Å². The molecule has 0 radical (unpaired) electrons. The number of carbonyl (C=O) groups is 1. The van der Waals surface area contributed by atoms with E-state index in [1.165, 1.54) is 0 Å². The van der Waals surface area contributed by atoms with E-state index < -0.39 is 0 Å². The number of hydrogen-bond donors (Lipinski definition) is 0. The first-order chi connectivity index (χ1) is 5.25. The highest BCUT2D eigenvalue weighted by Crippen LogP contribution is 2.32. The minimum atomic E-state index is 0.262. The average molecular weight is 154 g/mol. The Morgan fingerprint density at radius 3 is 2.73 bits per heavy atom. The summed E-state index contributed by atoms with van der Waals surface area (Å²) in [7, 11) is 0. The van der Waals surface area contributed by atoms with Crippen LogP contribution in [0.2, 0.25) is 0 Å². The van der Waals surface area contributed by atoms with Crippen molar-refractivity contribution in [1.82, 2.24) is 0 Å². The van der Waals surface area contributed by atoms with Crippen LogP contribution in [0.1, 0.15) is 26.7 Å². The van der Waals surface area contributed by atoms with Gasteiger partial charge in [-0.15, -0.1) is 0 Å². The van der Waals surface area contributed by atoms with Gasteiger partial charge in [0.25, 0.3) is 0 Å². The van der Waals surface area contributed by atoms with Gasteiger partial charge >= 0.3 is 0 Å². The van der Waals surface area contributed by atoms with Crippen molar-refractivity contribution in [3.63, 3.8) is 0 Å². The number of Topliss-reactive ketones (excluding diaryl/α,β-unsaturated/α-hetero) is 1. The maximum Gasteiger partial charge on any atom is 0.164 e. The normalized spacial score (nSPS) is 18.2. The fourth-order valence-electron chi connectivity index (χ4n) is 0.934. The van der Waals surface area contributed by atoms with Gasteiger partial charge in [-0.25, -0.2) is 0 Å². The second-order valence-electron chi connectivity index (χ2n) is 2.89. The molecule has 0 amide bonds. The SMILES string of the molecule is CCO/C=C(\C)C(=O)C1CC1. The van der Waals surface area contributed by atoms with E-state index in [9.17, 15) is 4.79 Å². The molecule has 1 fully saturated rings. The van der Waals surface area contributed by atoms with Gasteiger partial charge in [-0.1, -0.05) is 0 Å². The van der Waals surface area contributed by atoms with Crippen molar-refractivity contribution < 1.29 is 9.53 Å². The van der Waals surface area contributed by atoms with Gasteiger partial charge in [0, 0.05) is 11.5 Å². The number of allylic oxidation sites excluding steroid dienone is 1. The molecule has 0 heterocycles. The Labute approximate surface area is 67.2 Å². The lowest BCUT2D eigenvalue weighted by Crippen LogP contribution is -2.02. The molecule has 0 unspecified atom stereocenters. The Hall–Kier alpha value is -0.790. The molecule has 1 saturated carbocycles. The summed E-state index contributed by atoms with van der Waals surface area (Å²) in [5.41, 5.74) is 0.759. The highest BCUT2D eigenvalue weighted by Gasteiger charge is 2.30. The van der Waals surface area contributed by atoms with Crippen LogP contribution in [0, 0.1) is 5.92 Å². The van der Waals surface area contributed by atoms with Crippen molar-refractivity contribution >= 4 is 5.78 Å². The summed E-state index contributed by atoms with van der Waals surface area (Å²) >= 11 is 0. The fourth-order valence-corrected chi connectivity index (χ4v) is 0.934. The lowest BCUT2D eigenvalue weighted by atomic mass is 10.1. The van der Waals surface area contributed by atoms with Crippen LogP contribution in [-0.2, 0) is 9.53 Å². The minimum Gasteiger partial charge on any atom is -0.501 e. The molecule has 0 aliphatic heterocycles. The summed E-state index contributed by atoms with van der Waals surface area (Å²) in [5.74, 6) is 0.574. The summed E-state index contributed by atoms with van der Waals surface area (Å²) < 4.78 is 5.01. The van der Waals surface area contributed by atoms with E-state index in [4.69, 9.17) is 4.74 Å². The molecule has 1 aliphatic carbocycles. The third-order valence-corrected chi connectivity index (χ3v) is 1.76. The first kappa shape index (κ1) is 8.31. The predicted octanol–water partition coefficient (Wildman–Crippen LogP) is 1.91. The Bertz CT molecular complexity index is 178. The monoisotopic (exact) mass is 154 g/mol. The summed E-state index contributed by atoms with van der Waals surface area (Å²) in [5, 5.41) is 0. The molecular weight excluding hydrogens is 140 g/mol. The smallest absolute Gasteiger partial charge is 0.164 e. The number of carbonyl (C=O) groups excluding carboxylic acids is 1. The molecule has 0 N–H and O–H groups in total. The van der Waals surface area contributed by atoms with Crippen molar-refractivity contribution in [1.29, 1.82) is 0 Å². The van der Waals surface area contributed by atoms with Crippen LogP contribution in [0.5, 0.6) is 0 Å². The zero-order valence-corrected chi connectivity index (χ0v) is 7.09. The van der Waals surface area contributed by atoms with Crippen LogP contribution in [0.4, 0.5) is 0 Å². The Morgan fingerprint density at radius 1 is 1.64 bits per heavy atom. The highest BCUT2D eigenvalue weighted by molar-refractivity contribution is 5.97. The molecule has 0 aromatic carbocycles. The maximum atomic E-state index is 11.3. The van der Waals surface area contributed by atoms with Gasteiger partial charge in [0.2, 0.25) is 0 Å². The standard InChI is InChI=1S/C9H14O2/c1-3-11-6-7(2)9(10)8-4-5-8/h6,8H,3-5H2,1-2H3/b7-6+. The van der Waals surface area contributed by atoms with Gasteiger partial charge in [0.1, 0.15) is 0 Å². The lowest BCUT2D eigenvalue weighted by Gasteiger charge is -1.98. The Morgan fingerprint density at radius 2 is 2.27 bits per heavy atom. The van der Waals surface area contributed by atoms with Crippen LogP contribution in [-0.4, -0.2) is 12.4 Å². The van der Waals surface area contributed by atoms with Gasteiger partial charge in [-0.05, 0) is 26.7 Å². The van der Waals surface area contributed by atoms with Crippen LogP contribution in [0.3, 0.4) is 0 Å². The molecule has 2 heteroatoms. The molecular formula is C9H14O2. The molecule has 1 rings (SSSR count). The second kappa shape index (κ2) is 3.56. The molecule has 1 aliphatic rings. The summed E-state index contributed by atoms with van der Waals surface area (Å²) in [6.07, 6.45) is 3.70. The van der Waals surface area contributed by atoms with Gasteiger partial charge in [0.15, 0.2) is 5.78 Å². The molecule has 0 aromatic heterocycles. The number of ketones is 1. The van der Waals surface area contributed by atoms with E-state index in [2.05, 4.69) is 0 Å². The third kappa shape index (κ3) is 2.37. The lowest BCUT2D eigenvalue weighted by molar-refractivity contribution is -0.116. The van der Waals surface area contributed by atoms with Crippen molar-refractivity contribution in [2.45, 2.75) is 26.7 Å². The quantitative estimate of drug-likeness (QED) is 0.456. The highest BCUT2D eigenvalue weighted by atomic mass is 16.5. The molecule has 62 valence electrons. The number of ether oxygens (including phenoxy) is 1. The summed E-state index contributed by atoms with van der Waals surface area (Å²) in [6.45, 7) is 4.36. The summed E-state index contributed by atoms with van der Waals surface area (Å²) in [6, 6.07) is 0. The minimum absolute atomic E-state index is 0.262. The zero-order chi connectivity index (χ0) is 8.27. The van der Waals surface area contributed by atoms with Gasteiger partial charge in [-0.3, -0.25) is 4.79 Å². The number of rotatable bonds is 4. The average Bonchev–Trinajstić information content (AvgIpc) is 2.81. The van der Waals surface area contributed by atoms with Crippen molar-refractivity contribution in [2.75, 3.05) is 6.61 Å². The molecule has 0 aromatic rings. The van der Waals surface area contributed by atoms with Crippen LogP contribution >= 0.6 is 0 Å². The molecule has 2 nitrogen and oxygen atoms in total. The Kier molecular flexibility index (Phi) is 2.69. The molecule has 0 saturated heterocycles. The first-order valence-corrected chi connectivity index (χ1v) is 4.08. The van der Waals surface area contributed by atoms with E-state index in [-0.39, 0.29) is 5.78 Å². The Balaban J connectivity index is 2.38. The fraction of sp³-hybridized carbons (Fsp3) is 0.667. The van der Waals surface area contributed by atoms with Crippen molar-refractivity contribution in [2.24, 2.45) is 5.92 Å². The van der Waals surface area contributed by atoms with E-state index >= 15 is 0 Å². The van der Waals surface area contributed by atoms with E-state index in [1.54, 1.807) is 6.26 Å². The van der Waals surface area contributed by atoms with E-state index in [1.807, 2.05) is 13.8 Å². The number of hydrogen-bond acceptors (Lipinski definition) is 2. The van der Waals surface area contributed by atoms with E-state index in [0.717, 1.165) is 18.4 Å². The second-order valence-corrected chi connectivity index (χ2v) is 2.89. The predicted molar refractivity (Wildman–Crippen MR) is 43.1 cm³/mol. The third-order valence-electron chi connectivity index (χ3n) is 1.76. The van der Waals surface area contributed by atoms with E-state index in [0.29, 0.717) is 12.5 Å². The van der Waals surface area contributed by atoms with Gasteiger partial charge < -0.3 is 4.74 Å². The van der Waals surface area contributed by atoms with Gasteiger partial charge in [-0.2, -0.15) is 0 Å². The molecule has 11 heavy (non-hydrogen) atoms. The topological polar surface area (TPSA) is 26.3 Å².